The van der Waals surface area contributed by atoms with Gasteiger partial charge in [-0.2, -0.15) is 0 Å². The quantitative estimate of drug-likeness (QED) is 0.387. The number of amidine groups is 1. The molecule has 0 spiro atoms. The smallest absolute Gasteiger partial charge is 0.182 e. The van der Waals surface area contributed by atoms with E-state index in [1.54, 1.807) is 0 Å². The molecule has 0 amide bonds. The number of aromatic hydroxyl groups is 1. The molecule has 5 heteroatoms. The average Bonchev–Trinajstić information content (AvgIpc) is 3.08. The summed E-state index contributed by atoms with van der Waals surface area (Å²) < 4.78 is 5.60. The number of nitrogens with zero attached hydrogens (tertiary/aromatic N) is 1. The van der Waals surface area contributed by atoms with Crippen LogP contribution in [0.4, 0.5) is 0 Å². The van der Waals surface area contributed by atoms with Gasteiger partial charge in [-0.3, -0.25) is 10.2 Å². The van der Waals surface area contributed by atoms with E-state index in [0.717, 1.165) is 35.3 Å². The molecule has 3 rings (SSSR count). The normalized spacial score (nSPS) is 18.6. The maximum atomic E-state index is 13.6. The van der Waals surface area contributed by atoms with Crippen molar-refractivity contribution < 1.29 is 14.6 Å². The molecule has 196 valence electrons. The van der Waals surface area contributed by atoms with E-state index >= 15 is 0 Å². The Hall–Kier alpha value is -2.82. The minimum atomic E-state index is -0.300. The molecule has 36 heavy (non-hydrogen) atoms. The van der Waals surface area contributed by atoms with Gasteiger partial charge in [-0.1, -0.05) is 67.0 Å². The molecule has 2 N–H and O–H groups in total. The molecule has 0 radical (unpaired) electrons. The van der Waals surface area contributed by atoms with E-state index in [1.807, 2.05) is 36.1 Å². The molecule has 2 aromatic rings. The van der Waals surface area contributed by atoms with Crippen molar-refractivity contribution in [2.45, 2.75) is 85.0 Å². The van der Waals surface area contributed by atoms with Crippen molar-refractivity contribution >= 4 is 11.6 Å². The summed E-state index contributed by atoms with van der Waals surface area (Å²) in [5.74, 6) is 1.88. The number of rotatable bonds is 8. The van der Waals surface area contributed by atoms with E-state index in [0.29, 0.717) is 30.5 Å². The third-order valence-electron chi connectivity index (χ3n) is 7.15. The number of phenols is 1. The number of benzene rings is 2. The molecule has 1 heterocycles. The van der Waals surface area contributed by atoms with Gasteiger partial charge in [0.05, 0.1) is 13.2 Å². The maximum absolute atomic E-state index is 13.6. The molecular formula is C31H44N2O3. The Morgan fingerprint density at radius 2 is 1.58 bits per heavy atom. The molecule has 0 aliphatic carbocycles. The van der Waals surface area contributed by atoms with Gasteiger partial charge in [0, 0.05) is 29.2 Å². The lowest BCUT2D eigenvalue weighted by molar-refractivity contribution is 0.0963. The Morgan fingerprint density at radius 1 is 1.03 bits per heavy atom. The van der Waals surface area contributed by atoms with Crippen LogP contribution in [0.3, 0.4) is 0 Å². The first kappa shape index (κ1) is 27.8. The first-order valence-corrected chi connectivity index (χ1v) is 13.2. The molecule has 0 bridgehead atoms. The minimum absolute atomic E-state index is 0.0154. The van der Waals surface area contributed by atoms with Crippen LogP contribution in [0.5, 0.6) is 11.5 Å². The number of carbonyl (C=O) groups is 1. The zero-order chi connectivity index (χ0) is 26.8. The van der Waals surface area contributed by atoms with E-state index < -0.39 is 0 Å². The molecule has 2 atom stereocenters. The van der Waals surface area contributed by atoms with Gasteiger partial charge in [0.15, 0.2) is 5.78 Å². The van der Waals surface area contributed by atoms with Crippen LogP contribution in [0.25, 0.3) is 0 Å². The standard InChI is InChI=1S/C31H44N2O3/c1-9-11-21-18-33(29(32)27(21)20-12-14-23(15-13-20)36-10-2)19-26(34)22-16-24(30(3,4)5)28(35)25(17-22)31(6,7)8/h12-17,21,27,32,35H,9-11,18-19H2,1-8H3. The lowest BCUT2D eigenvalue weighted by Crippen LogP contribution is -2.32. The average molecular weight is 493 g/mol. The molecule has 1 fully saturated rings. The number of likely N-dealkylation sites (tertiary alicyclic amines) is 1. The molecule has 2 aromatic carbocycles. The summed E-state index contributed by atoms with van der Waals surface area (Å²) in [6.07, 6.45) is 2.04. The van der Waals surface area contributed by atoms with Gasteiger partial charge in [-0.15, -0.1) is 0 Å². The number of ether oxygens (including phenoxy) is 1. The first-order valence-electron chi connectivity index (χ1n) is 13.2. The summed E-state index contributed by atoms with van der Waals surface area (Å²) in [6.45, 7) is 17.9. The summed E-state index contributed by atoms with van der Waals surface area (Å²) >= 11 is 0. The zero-order valence-corrected chi connectivity index (χ0v) is 23.4. The summed E-state index contributed by atoms with van der Waals surface area (Å²) in [7, 11) is 0. The fourth-order valence-electron chi connectivity index (χ4n) is 5.26. The van der Waals surface area contributed by atoms with Gasteiger partial charge in [0.2, 0.25) is 0 Å². The van der Waals surface area contributed by atoms with Crippen LogP contribution in [0, 0.1) is 11.3 Å². The van der Waals surface area contributed by atoms with E-state index in [4.69, 9.17) is 10.1 Å². The van der Waals surface area contributed by atoms with Gasteiger partial charge < -0.3 is 14.7 Å². The zero-order valence-electron chi connectivity index (χ0n) is 23.4. The topological polar surface area (TPSA) is 73.6 Å². The van der Waals surface area contributed by atoms with Crippen LogP contribution >= 0.6 is 0 Å². The number of phenolic OH excluding ortho intramolecular Hbond substituents is 1. The molecule has 0 aromatic heterocycles. The molecular weight excluding hydrogens is 448 g/mol. The van der Waals surface area contributed by atoms with Crippen LogP contribution in [-0.2, 0) is 10.8 Å². The number of ketones is 1. The summed E-state index contributed by atoms with van der Waals surface area (Å²) in [6, 6.07) is 11.8. The molecule has 1 aliphatic rings. The van der Waals surface area contributed by atoms with Crippen LogP contribution in [-0.4, -0.2) is 41.3 Å². The number of hydrogen-bond acceptors (Lipinski definition) is 4. The highest BCUT2D eigenvalue weighted by molar-refractivity contribution is 6.01. The number of hydrogen-bond donors (Lipinski definition) is 2. The second kappa shape index (κ2) is 10.7. The molecule has 1 aliphatic heterocycles. The van der Waals surface area contributed by atoms with E-state index in [9.17, 15) is 9.90 Å². The van der Waals surface area contributed by atoms with E-state index in [1.165, 1.54) is 0 Å². The highest BCUT2D eigenvalue weighted by Gasteiger charge is 2.39. The van der Waals surface area contributed by atoms with Crippen LogP contribution in [0.1, 0.15) is 101 Å². The second-order valence-corrected chi connectivity index (χ2v) is 12.1. The maximum Gasteiger partial charge on any atom is 0.182 e. The predicted octanol–water partition coefficient (Wildman–Crippen LogP) is 7.06. The van der Waals surface area contributed by atoms with Crippen molar-refractivity contribution in [2.24, 2.45) is 5.92 Å². The third-order valence-corrected chi connectivity index (χ3v) is 7.15. The first-order chi connectivity index (χ1) is 16.8. The van der Waals surface area contributed by atoms with E-state index in [2.05, 4.69) is 60.6 Å². The Morgan fingerprint density at radius 3 is 2.06 bits per heavy atom. The van der Waals surface area contributed by atoms with Crippen molar-refractivity contribution in [1.29, 1.82) is 5.41 Å². The summed E-state index contributed by atoms with van der Waals surface area (Å²) in [5.41, 5.74) is 2.67. The highest BCUT2D eigenvalue weighted by atomic mass is 16.5. The van der Waals surface area contributed by atoms with Gasteiger partial charge in [-0.25, -0.2) is 0 Å². The largest absolute Gasteiger partial charge is 0.507 e. The van der Waals surface area contributed by atoms with Crippen molar-refractivity contribution in [3.05, 3.63) is 58.7 Å². The Labute approximate surface area is 217 Å². The van der Waals surface area contributed by atoms with E-state index in [-0.39, 0.29) is 34.8 Å². The lowest BCUT2D eigenvalue weighted by atomic mass is 9.78. The molecule has 2 unspecified atom stereocenters. The van der Waals surface area contributed by atoms with Gasteiger partial charge >= 0.3 is 0 Å². The Bertz CT molecular complexity index is 1060. The van der Waals surface area contributed by atoms with Crippen molar-refractivity contribution in [3.8, 4) is 11.5 Å². The minimum Gasteiger partial charge on any atom is -0.507 e. The van der Waals surface area contributed by atoms with Gasteiger partial charge in [0.25, 0.3) is 0 Å². The van der Waals surface area contributed by atoms with Crippen molar-refractivity contribution in [1.82, 2.24) is 4.90 Å². The highest BCUT2D eigenvalue weighted by Crippen LogP contribution is 2.41. The van der Waals surface area contributed by atoms with Crippen LogP contribution in [0.2, 0.25) is 0 Å². The molecule has 1 saturated heterocycles. The van der Waals surface area contributed by atoms with Crippen molar-refractivity contribution in [3.63, 3.8) is 0 Å². The number of carbonyl (C=O) groups excluding carboxylic acids is 1. The summed E-state index contributed by atoms with van der Waals surface area (Å²) in [4.78, 5) is 15.6. The van der Waals surface area contributed by atoms with Crippen LogP contribution in [0.15, 0.2) is 36.4 Å². The lowest BCUT2D eigenvalue weighted by Gasteiger charge is -2.28. The molecule has 5 nitrogen and oxygen atoms in total. The number of Topliss-reactive ketones (excluding diaryl/α,β-unsaturated/α-hetero) is 1. The molecule has 0 saturated carbocycles. The van der Waals surface area contributed by atoms with Crippen molar-refractivity contribution in [2.75, 3.05) is 19.7 Å². The second-order valence-electron chi connectivity index (χ2n) is 12.1. The summed E-state index contributed by atoms with van der Waals surface area (Å²) in [5, 5.41) is 20.1. The monoisotopic (exact) mass is 492 g/mol. The Kier molecular flexibility index (Phi) is 8.22. The predicted molar refractivity (Wildman–Crippen MR) is 148 cm³/mol. The Balaban J connectivity index is 1.90. The van der Waals surface area contributed by atoms with Gasteiger partial charge in [0.1, 0.15) is 17.3 Å². The SMILES string of the molecule is CCCC1CN(CC(=O)c2cc(C(C)(C)C)c(O)c(C(C)(C)C)c2)C(=N)C1c1ccc(OCC)cc1. The number of nitrogens with one attached hydrogen (secondary N) is 1. The van der Waals surface area contributed by atoms with Gasteiger partial charge in [-0.05, 0) is 59.9 Å². The fraction of sp³-hybridized carbons (Fsp3) is 0.548. The van der Waals surface area contributed by atoms with Crippen LogP contribution < -0.4 is 4.74 Å². The third kappa shape index (κ3) is 5.93. The fourth-order valence-corrected chi connectivity index (χ4v) is 5.26.